The lowest BCUT2D eigenvalue weighted by atomic mass is 9.98. The third-order valence-corrected chi connectivity index (χ3v) is 4.35. The van der Waals surface area contributed by atoms with Gasteiger partial charge in [0.15, 0.2) is 0 Å². The fourth-order valence-electron chi connectivity index (χ4n) is 2.26. The van der Waals surface area contributed by atoms with Crippen LogP contribution in [-0.2, 0) is 9.59 Å². The predicted octanol–water partition coefficient (Wildman–Crippen LogP) is 1.86. The fraction of sp³-hybridized carbons (Fsp3) is 0.500. The lowest BCUT2D eigenvalue weighted by Crippen LogP contribution is -2.36. The first-order valence-corrected chi connectivity index (χ1v) is 7.56. The molecule has 1 N–H and O–H groups in total. The number of hydrogen-bond donors (Lipinski definition) is 1. The Labute approximate surface area is 122 Å². The second kappa shape index (κ2) is 7.17. The Morgan fingerprint density at radius 2 is 2.30 bits per heavy atom. The highest BCUT2D eigenvalue weighted by molar-refractivity contribution is 7.14. The summed E-state index contributed by atoms with van der Waals surface area (Å²) in [5.41, 5.74) is 0.509. The van der Waals surface area contributed by atoms with Crippen LogP contribution in [0.15, 0.2) is 11.4 Å². The summed E-state index contributed by atoms with van der Waals surface area (Å²) in [6.45, 7) is 2.45. The van der Waals surface area contributed by atoms with Crippen molar-refractivity contribution >= 4 is 28.5 Å². The maximum Gasteiger partial charge on any atom is 0.226 e. The molecule has 5 nitrogen and oxygen atoms in total. The molecule has 1 aromatic rings. The molecular weight excluding hydrogens is 274 g/mol. The van der Waals surface area contributed by atoms with Crippen LogP contribution < -0.4 is 5.32 Å². The van der Waals surface area contributed by atoms with E-state index in [0.29, 0.717) is 23.5 Å². The molecule has 1 aliphatic heterocycles. The maximum absolute atomic E-state index is 11.8. The number of aldehydes is 1. The van der Waals surface area contributed by atoms with Crippen LogP contribution in [0.25, 0.3) is 0 Å². The summed E-state index contributed by atoms with van der Waals surface area (Å²) in [5, 5.41) is 14.1. The van der Waals surface area contributed by atoms with Crippen molar-refractivity contribution in [1.29, 1.82) is 5.26 Å². The van der Waals surface area contributed by atoms with Gasteiger partial charge in [0, 0.05) is 18.9 Å². The molecule has 106 valence electrons. The molecule has 0 spiro atoms. The van der Waals surface area contributed by atoms with E-state index in [0.717, 1.165) is 32.2 Å². The van der Waals surface area contributed by atoms with Gasteiger partial charge in [0.05, 0.1) is 5.56 Å². The summed E-state index contributed by atoms with van der Waals surface area (Å²) < 4.78 is 0. The molecule has 1 fully saturated rings. The van der Waals surface area contributed by atoms with Crippen LogP contribution in [0, 0.1) is 17.2 Å². The van der Waals surface area contributed by atoms with E-state index in [-0.39, 0.29) is 11.8 Å². The minimum absolute atomic E-state index is 0.0681. The van der Waals surface area contributed by atoms with E-state index in [1.165, 1.54) is 11.3 Å². The number of carbonyl (C=O) groups is 2. The molecule has 0 aromatic carbocycles. The van der Waals surface area contributed by atoms with Gasteiger partial charge in [-0.25, -0.2) is 0 Å². The molecule has 20 heavy (non-hydrogen) atoms. The van der Waals surface area contributed by atoms with Crippen molar-refractivity contribution < 1.29 is 9.59 Å². The second-order valence-electron chi connectivity index (χ2n) is 4.89. The minimum Gasteiger partial charge on any atom is -0.317 e. The predicted molar refractivity (Wildman–Crippen MR) is 77.5 cm³/mol. The zero-order valence-electron chi connectivity index (χ0n) is 11.2. The normalized spacial score (nSPS) is 16.6. The Hall–Kier alpha value is -1.71. The van der Waals surface area contributed by atoms with Crippen LogP contribution in [0.2, 0.25) is 0 Å². The van der Waals surface area contributed by atoms with Gasteiger partial charge in [0.1, 0.15) is 17.4 Å². The van der Waals surface area contributed by atoms with Crippen molar-refractivity contribution in [2.45, 2.75) is 19.3 Å². The fourth-order valence-corrected chi connectivity index (χ4v) is 3.01. The van der Waals surface area contributed by atoms with E-state index in [4.69, 9.17) is 5.26 Å². The summed E-state index contributed by atoms with van der Waals surface area (Å²) >= 11 is 1.36. The van der Waals surface area contributed by atoms with Crippen LogP contribution >= 0.6 is 11.3 Å². The van der Waals surface area contributed by atoms with E-state index in [1.54, 1.807) is 11.4 Å². The molecule has 0 unspecified atom stereocenters. The molecule has 6 heteroatoms. The molecular formula is C14H17N3O2S. The van der Waals surface area contributed by atoms with Gasteiger partial charge in [0.25, 0.3) is 0 Å². The number of nitriles is 1. The third-order valence-electron chi connectivity index (χ3n) is 3.52. The summed E-state index contributed by atoms with van der Waals surface area (Å²) in [7, 11) is 0. The van der Waals surface area contributed by atoms with Crippen molar-refractivity contribution in [2.24, 2.45) is 5.92 Å². The second-order valence-corrected chi connectivity index (χ2v) is 5.80. The van der Waals surface area contributed by atoms with Crippen LogP contribution in [0.5, 0.6) is 0 Å². The minimum atomic E-state index is -0.0681. The number of piperidine rings is 1. The molecule has 0 saturated carbocycles. The van der Waals surface area contributed by atoms with Crippen LogP contribution in [0.1, 0.15) is 24.8 Å². The molecule has 0 bridgehead atoms. The highest BCUT2D eigenvalue weighted by Crippen LogP contribution is 2.22. The topological polar surface area (TPSA) is 73.2 Å². The molecule has 1 aliphatic rings. The number of carbonyl (C=O) groups excluding carboxylic acids is 2. The average Bonchev–Trinajstić information content (AvgIpc) is 2.92. The quantitative estimate of drug-likeness (QED) is 0.840. The molecule has 0 radical (unpaired) electrons. The van der Waals surface area contributed by atoms with Gasteiger partial charge < -0.3 is 15.0 Å². The molecule has 1 amide bonds. The van der Waals surface area contributed by atoms with Gasteiger partial charge in [-0.05, 0) is 37.4 Å². The zero-order chi connectivity index (χ0) is 14.4. The first-order valence-electron chi connectivity index (χ1n) is 6.68. The van der Waals surface area contributed by atoms with Gasteiger partial charge in [-0.1, -0.05) is 0 Å². The lowest BCUT2D eigenvalue weighted by Gasteiger charge is -2.29. The molecule has 1 saturated heterocycles. The Kier molecular flexibility index (Phi) is 5.27. The average molecular weight is 291 g/mol. The Morgan fingerprint density at radius 3 is 2.95 bits per heavy atom. The number of nitrogens with zero attached hydrogens (tertiary/aromatic N) is 2. The van der Waals surface area contributed by atoms with Crippen molar-refractivity contribution in [3.63, 3.8) is 0 Å². The lowest BCUT2D eigenvalue weighted by molar-refractivity contribution is -0.117. The van der Waals surface area contributed by atoms with Gasteiger partial charge in [-0.2, -0.15) is 5.26 Å². The summed E-state index contributed by atoms with van der Waals surface area (Å²) in [6.07, 6.45) is 3.21. The van der Waals surface area contributed by atoms with E-state index < -0.39 is 0 Å². The summed E-state index contributed by atoms with van der Waals surface area (Å²) in [5.74, 6) is 0.117. The van der Waals surface area contributed by atoms with Gasteiger partial charge in [0.2, 0.25) is 5.91 Å². The smallest absolute Gasteiger partial charge is 0.226 e. The molecule has 2 rings (SSSR count). The van der Waals surface area contributed by atoms with Gasteiger partial charge in [-0.3, -0.25) is 4.79 Å². The molecule has 0 aliphatic carbocycles. The number of thiophene rings is 1. The number of likely N-dealkylation sites (tertiary alicyclic amines) is 1. The highest BCUT2D eigenvalue weighted by Gasteiger charge is 2.19. The van der Waals surface area contributed by atoms with Crippen LogP contribution in [-0.4, -0.2) is 36.7 Å². The molecule has 0 atom stereocenters. The van der Waals surface area contributed by atoms with E-state index in [2.05, 4.69) is 10.2 Å². The molecule has 2 heterocycles. The van der Waals surface area contributed by atoms with Gasteiger partial charge >= 0.3 is 0 Å². The zero-order valence-corrected chi connectivity index (χ0v) is 12.0. The first-order chi connectivity index (χ1) is 9.72. The SMILES string of the molecule is N#Cc1ccsc1NC(=O)CCN1CCC(C=O)CC1. The van der Waals surface area contributed by atoms with Gasteiger partial charge in [-0.15, -0.1) is 11.3 Å². The Bertz CT molecular complexity index is 513. The third kappa shape index (κ3) is 3.89. The number of rotatable bonds is 5. The Morgan fingerprint density at radius 1 is 1.55 bits per heavy atom. The summed E-state index contributed by atoms with van der Waals surface area (Å²) in [6, 6.07) is 3.75. The molecule has 1 aromatic heterocycles. The van der Waals surface area contributed by atoms with E-state index in [9.17, 15) is 9.59 Å². The monoisotopic (exact) mass is 291 g/mol. The number of hydrogen-bond acceptors (Lipinski definition) is 5. The van der Waals surface area contributed by atoms with Crippen molar-refractivity contribution in [2.75, 3.05) is 25.0 Å². The van der Waals surface area contributed by atoms with Crippen molar-refractivity contribution in [3.05, 3.63) is 17.0 Å². The number of nitrogens with one attached hydrogen (secondary N) is 1. The van der Waals surface area contributed by atoms with E-state index in [1.807, 2.05) is 6.07 Å². The van der Waals surface area contributed by atoms with Crippen LogP contribution in [0.4, 0.5) is 5.00 Å². The Balaban J connectivity index is 1.73. The van der Waals surface area contributed by atoms with Crippen LogP contribution in [0.3, 0.4) is 0 Å². The largest absolute Gasteiger partial charge is 0.317 e. The maximum atomic E-state index is 11.8. The number of amides is 1. The standard InChI is InChI=1S/C14H17N3O2S/c15-9-12-4-8-20-14(12)16-13(19)3-7-17-5-1-11(10-18)2-6-17/h4,8,10-11H,1-3,5-7H2,(H,16,19). The number of anilines is 1. The van der Waals surface area contributed by atoms with E-state index >= 15 is 0 Å². The van der Waals surface area contributed by atoms with Crippen molar-refractivity contribution in [3.8, 4) is 6.07 Å². The first kappa shape index (κ1) is 14.7. The van der Waals surface area contributed by atoms with Crippen molar-refractivity contribution in [1.82, 2.24) is 4.90 Å². The highest BCUT2D eigenvalue weighted by atomic mass is 32.1. The summed E-state index contributed by atoms with van der Waals surface area (Å²) in [4.78, 5) is 24.7.